The third-order valence-corrected chi connectivity index (χ3v) is 4.88. The number of rotatable bonds is 7. The van der Waals surface area contributed by atoms with Crippen molar-refractivity contribution in [2.45, 2.75) is 19.6 Å². The molecule has 0 aromatic heterocycles. The van der Waals surface area contributed by atoms with Crippen LogP contribution in [0.15, 0.2) is 53.9 Å². The van der Waals surface area contributed by atoms with Crippen molar-refractivity contribution < 1.29 is 22.3 Å². The summed E-state index contributed by atoms with van der Waals surface area (Å²) in [5.41, 5.74) is 0.726. The first-order chi connectivity index (χ1) is 12.3. The molecule has 1 atom stereocenters. The number of sulfonamides is 1. The Labute approximate surface area is 156 Å². The van der Waals surface area contributed by atoms with Crippen LogP contribution in [0.4, 0.5) is 4.39 Å². The molecule has 26 heavy (non-hydrogen) atoms. The molecule has 2 aromatic carbocycles. The maximum Gasteiger partial charge on any atom is 0.324 e. The fourth-order valence-electron chi connectivity index (χ4n) is 2.00. The van der Waals surface area contributed by atoms with Crippen molar-refractivity contribution >= 4 is 33.7 Å². The Morgan fingerprint density at radius 1 is 1.23 bits per heavy atom. The highest BCUT2D eigenvalue weighted by Crippen LogP contribution is 2.19. The SMILES string of the molecule is C[C@H](NS(=O)(=O)/C=C/c1ccccc1)C(=O)OCc1c(F)cccc1Cl. The van der Waals surface area contributed by atoms with Crippen LogP contribution in [-0.4, -0.2) is 20.4 Å². The average molecular weight is 398 g/mol. The largest absolute Gasteiger partial charge is 0.459 e. The van der Waals surface area contributed by atoms with Crippen molar-refractivity contribution in [3.05, 3.63) is 75.9 Å². The summed E-state index contributed by atoms with van der Waals surface area (Å²) in [7, 11) is -3.85. The molecule has 5 nitrogen and oxygen atoms in total. The molecule has 0 aliphatic carbocycles. The van der Waals surface area contributed by atoms with Crippen molar-refractivity contribution in [3.8, 4) is 0 Å². The first-order valence-electron chi connectivity index (χ1n) is 7.63. The lowest BCUT2D eigenvalue weighted by molar-refractivity contribution is -0.146. The normalized spacial score (nSPS) is 12.9. The monoisotopic (exact) mass is 397 g/mol. The number of carbonyl (C=O) groups is 1. The Morgan fingerprint density at radius 3 is 2.58 bits per heavy atom. The van der Waals surface area contributed by atoms with E-state index in [1.807, 2.05) is 6.07 Å². The summed E-state index contributed by atoms with van der Waals surface area (Å²) in [5.74, 6) is -1.45. The van der Waals surface area contributed by atoms with E-state index >= 15 is 0 Å². The van der Waals surface area contributed by atoms with Gasteiger partial charge in [-0.3, -0.25) is 4.79 Å². The fourth-order valence-corrected chi connectivity index (χ4v) is 3.23. The van der Waals surface area contributed by atoms with E-state index in [9.17, 15) is 17.6 Å². The number of halogens is 2. The summed E-state index contributed by atoms with van der Waals surface area (Å²) in [5, 5.41) is 1.08. The standard InChI is InChI=1S/C18H17ClFNO4S/c1-13(18(22)25-12-15-16(19)8-5-9-17(15)20)21-26(23,24)11-10-14-6-3-2-4-7-14/h2-11,13,21H,12H2,1H3/b11-10+/t13-/m0/s1. The molecule has 1 N–H and O–H groups in total. The Morgan fingerprint density at radius 2 is 1.92 bits per heavy atom. The van der Waals surface area contributed by atoms with Crippen LogP contribution in [0, 0.1) is 5.82 Å². The number of esters is 1. The smallest absolute Gasteiger partial charge is 0.324 e. The van der Waals surface area contributed by atoms with Gasteiger partial charge in [0, 0.05) is 11.0 Å². The van der Waals surface area contributed by atoms with Gasteiger partial charge in [0.15, 0.2) is 0 Å². The molecular weight excluding hydrogens is 381 g/mol. The topological polar surface area (TPSA) is 72.5 Å². The molecule has 0 aliphatic rings. The van der Waals surface area contributed by atoms with Crippen LogP contribution < -0.4 is 4.72 Å². The van der Waals surface area contributed by atoms with Crippen LogP contribution in [0.5, 0.6) is 0 Å². The highest BCUT2D eigenvalue weighted by molar-refractivity contribution is 7.92. The van der Waals surface area contributed by atoms with Gasteiger partial charge in [-0.2, -0.15) is 4.72 Å². The molecule has 0 radical (unpaired) electrons. The number of carbonyl (C=O) groups excluding carboxylic acids is 1. The lowest BCUT2D eigenvalue weighted by atomic mass is 10.2. The summed E-state index contributed by atoms with van der Waals surface area (Å²) in [6.45, 7) is 0.940. The highest BCUT2D eigenvalue weighted by Gasteiger charge is 2.20. The van der Waals surface area contributed by atoms with E-state index in [2.05, 4.69) is 4.72 Å². The van der Waals surface area contributed by atoms with Crippen LogP contribution in [0.2, 0.25) is 5.02 Å². The van der Waals surface area contributed by atoms with E-state index in [1.54, 1.807) is 24.3 Å². The van der Waals surface area contributed by atoms with Crippen LogP contribution in [0.25, 0.3) is 6.08 Å². The quantitative estimate of drug-likeness (QED) is 0.726. The van der Waals surface area contributed by atoms with Crippen LogP contribution in [-0.2, 0) is 26.2 Å². The lowest BCUT2D eigenvalue weighted by Gasteiger charge is -2.13. The zero-order valence-corrected chi connectivity index (χ0v) is 15.4. The van der Waals surface area contributed by atoms with Gasteiger partial charge >= 0.3 is 5.97 Å². The van der Waals surface area contributed by atoms with Crippen molar-refractivity contribution in [2.75, 3.05) is 0 Å². The second-order valence-corrected chi connectivity index (χ2v) is 7.41. The molecule has 0 fully saturated rings. The molecular formula is C18H17ClFNO4S. The first kappa shape index (κ1) is 20.1. The summed E-state index contributed by atoms with van der Waals surface area (Å²) < 4.78 is 44.8. The van der Waals surface area contributed by atoms with Gasteiger partial charge in [-0.25, -0.2) is 12.8 Å². The highest BCUT2D eigenvalue weighted by atomic mass is 35.5. The number of hydrogen-bond donors (Lipinski definition) is 1. The van der Waals surface area contributed by atoms with E-state index in [4.69, 9.17) is 16.3 Å². The molecule has 8 heteroatoms. The van der Waals surface area contributed by atoms with Crippen molar-refractivity contribution in [1.82, 2.24) is 4.72 Å². The summed E-state index contributed by atoms with van der Waals surface area (Å²) in [6.07, 6.45) is 1.40. The second kappa shape index (κ2) is 8.93. The molecule has 0 saturated heterocycles. The maximum atomic E-state index is 13.6. The van der Waals surface area contributed by atoms with Gasteiger partial charge in [0.25, 0.3) is 0 Å². The molecule has 0 unspecified atom stereocenters. The molecule has 0 amide bonds. The molecule has 2 aromatic rings. The number of ether oxygens (including phenoxy) is 1. The lowest BCUT2D eigenvalue weighted by Crippen LogP contribution is -2.38. The Balaban J connectivity index is 1.94. The van der Waals surface area contributed by atoms with Crippen molar-refractivity contribution in [1.29, 1.82) is 0 Å². The number of hydrogen-bond acceptors (Lipinski definition) is 4. The molecule has 2 rings (SSSR count). The maximum absolute atomic E-state index is 13.6. The Bertz CT molecular complexity index is 880. The zero-order valence-electron chi connectivity index (χ0n) is 13.9. The van der Waals surface area contributed by atoms with E-state index in [0.29, 0.717) is 5.56 Å². The van der Waals surface area contributed by atoms with Gasteiger partial charge in [-0.15, -0.1) is 0 Å². The fraction of sp³-hybridized carbons (Fsp3) is 0.167. The van der Waals surface area contributed by atoms with Crippen LogP contribution in [0.1, 0.15) is 18.1 Å². The number of benzene rings is 2. The van der Waals surface area contributed by atoms with Gasteiger partial charge in [0.05, 0.1) is 5.02 Å². The minimum absolute atomic E-state index is 0.0292. The van der Waals surface area contributed by atoms with Gasteiger partial charge in [0.1, 0.15) is 18.5 Å². The minimum atomic E-state index is -3.85. The van der Waals surface area contributed by atoms with Crippen LogP contribution >= 0.6 is 11.6 Å². The van der Waals surface area contributed by atoms with E-state index in [-0.39, 0.29) is 10.6 Å². The van der Waals surface area contributed by atoms with Crippen molar-refractivity contribution in [2.24, 2.45) is 0 Å². The molecule has 138 valence electrons. The van der Waals surface area contributed by atoms with E-state index < -0.39 is 34.5 Å². The van der Waals surface area contributed by atoms with Crippen LogP contribution in [0.3, 0.4) is 0 Å². The average Bonchev–Trinajstić information content (AvgIpc) is 2.60. The van der Waals surface area contributed by atoms with Gasteiger partial charge in [-0.05, 0) is 30.7 Å². The van der Waals surface area contributed by atoms with E-state index in [1.165, 1.54) is 31.2 Å². The Kier molecular flexibility index (Phi) is 6.90. The zero-order chi connectivity index (χ0) is 19.2. The number of nitrogens with one attached hydrogen (secondary N) is 1. The molecule has 0 aliphatic heterocycles. The van der Waals surface area contributed by atoms with E-state index in [0.717, 1.165) is 5.41 Å². The van der Waals surface area contributed by atoms with Crippen molar-refractivity contribution in [3.63, 3.8) is 0 Å². The third-order valence-electron chi connectivity index (χ3n) is 3.35. The predicted octanol–water partition coefficient (Wildman–Crippen LogP) is 3.50. The Hall–Kier alpha value is -2.22. The van der Waals surface area contributed by atoms with Gasteiger partial charge < -0.3 is 4.74 Å². The molecule has 0 bridgehead atoms. The summed E-state index contributed by atoms with van der Waals surface area (Å²) in [4.78, 5) is 12.0. The second-order valence-electron chi connectivity index (χ2n) is 5.41. The third kappa shape index (κ3) is 5.94. The van der Waals surface area contributed by atoms with Gasteiger partial charge in [-0.1, -0.05) is 48.0 Å². The summed E-state index contributed by atoms with van der Waals surface area (Å²) >= 11 is 5.85. The first-order valence-corrected chi connectivity index (χ1v) is 9.56. The molecule has 0 saturated carbocycles. The predicted molar refractivity (Wildman–Crippen MR) is 98.2 cm³/mol. The molecule has 0 spiro atoms. The summed E-state index contributed by atoms with van der Waals surface area (Å²) in [6, 6.07) is 11.8. The van der Waals surface area contributed by atoms with Gasteiger partial charge in [0.2, 0.25) is 10.0 Å². The minimum Gasteiger partial charge on any atom is -0.459 e. The molecule has 0 heterocycles.